The summed E-state index contributed by atoms with van der Waals surface area (Å²) in [5.41, 5.74) is 2.65. The molecule has 1 aliphatic heterocycles. The molecule has 0 spiro atoms. The number of benzene rings is 1. The van der Waals surface area contributed by atoms with Gasteiger partial charge in [-0.1, -0.05) is 24.3 Å². The summed E-state index contributed by atoms with van der Waals surface area (Å²) in [5, 5.41) is 0. The minimum Gasteiger partial charge on any atom is -0.466 e. The highest BCUT2D eigenvalue weighted by molar-refractivity contribution is 5.96. The van der Waals surface area contributed by atoms with E-state index in [1.165, 1.54) is 11.1 Å². The van der Waals surface area contributed by atoms with Gasteiger partial charge in [0.15, 0.2) is 5.78 Å². The van der Waals surface area contributed by atoms with E-state index in [-0.39, 0.29) is 12.2 Å². The Bertz CT molecular complexity index is 484. The van der Waals surface area contributed by atoms with Gasteiger partial charge < -0.3 is 4.74 Å². The van der Waals surface area contributed by atoms with Gasteiger partial charge in [-0.05, 0) is 37.4 Å². The average Bonchev–Trinajstić information content (AvgIpc) is 2.60. The SMILES string of the molecule is CCOC(=O)CC(=O)CN1CCCc2ccccc2C1. The maximum atomic E-state index is 11.9. The topological polar surface area (TPSA) is 46.6 Å². The van der Waals surface area contributed by atoms with E-state index in [0.717, 1.165) is 25.9 Å². The van der Waals surface area contributed by atoms with Crippen LogP contribution in [-0.4, -0.2) is 36.3 Å². The average molecular weight is 275 g/mol. The monoisotopic (exact) mass is 275 g/mol. The van der Waals surface area contributed by atoms with Gasteiger partial charge in [-0.2, -0.15) is 0 Å². The second-order valence-electron chi connectivity index (χ2n) is 5.10. The van der Waals surface area contributed by atoms with Crippen LogP contribution < -0.4 is 0 Å². The second kappa shape index (κ2) is 7.20. The number of hydrogen-bond donors (Lipinski definition) is 0. The molecule has 1 heterocycles. The van der Waals surface area contributed by atoms with Gasteiger partial charge in [0.25, 0.3) is 0 Å². The lowest BCUT2D eigenvalue weighted by molar-refractivity contribution is -0.145. The molecule has 0 unspecified atom stereocenters. The molecule has 1 aromatic carbocycles. The highest BCUT2D eigenvalue weighted by Crippen LogP contribution is 2.18. The maximum Gasteiger partial charge on any atom is 0.313 e. The molecule has 0 radical (unpaired) electrons. The van der Waals surface area contributed by atoms with Crippen molar-refractivity contribution >= 4 is 11.8 Å². The van der Waals surface area contributed by atoms with Crippen LogP contribution in [0.5, 0.6) is 0 Å². The lowest BCUT2D eigenvalue weighted by Crippen LogP contribution is -2.31. The smallest absolute Gasteiger partial charge is 0.313 e. The number of hydrogen-bond acceptors (Lipinski definition) is 4. The fraction of sp³-hybridized carbons (Fsp3) is 0.500. The zero-order valence-corrected chi connectivity index (χ0v) is 11.9. The summed E-state index contributed by atoms with van der Waals surface area (Å²) in [6.07, 6.45) is 1.98. The molecule has 4 heteroatoms. The van der Waals surface area contributed by atoms with Gasteiger partial charge in [0.05, 0.1) is 13.2 Å². The van der Waals surface area contributed by atoms with Crippen LogP contribution in [0.4, 0.5) is 0 Å². The number of ether oxygens (including phenoxy) is 1. The van der Waals surface area contributed by atoms with Crippen molar-refractivity contribution in [2.45, 2.75) is 32.7 Å². The largest absolute Gasteiger partial charge is 0.466 e. The van der Waals surface area contributed by atoms with Gasteiger partial charge in [-0.3, -0.25) is 14.5 Å². The lowest BCUT2D eigenvalue weighted by atomic mass is 10.0. The van der Waals surface area contributed by atoms with Gasteiger partial charge in [0.1, 0.15) is 6.42 Å². The lowest BCUT2D eigenvalue weighted by Gasteiger charge is -2.19. The van der Waals surface area contributed by atoms with Crippen molar-refractivity contribution < 1.29 is 14.3 Å². The third-order valence-corrected chi connectivity index (χ3v) is 3.48. The van der Waals surface area contributed by atoms with E-state index in [1.54, 1.807) is 6.92 Å². The molecule has 0 N–H and O–H groups in total. The van der Waals surface area contributed by atoms with Crippen molar-refractivity contribution in [2.24, 2.45) is 0 Å². The molecule has 0 amide bonds. The maximum absolute atomic E-state index is 11.9. The van der Waals surface area contributed by atoms with E-state index in [2.05, 4.69) is 23.1 Å². The molecule has 1 aromatic rings. The number of ketones is 1. The Morgan fingerprint density at radius 3 is 2.75 bits per heavy atom. The molecule has 108 valence electrons. The summed E-state index contributed by atoms with van der Waals surface area (Å²) in [6.45, 7) is 4.07. The summed E-state index contributed by atoms with van der Waals surface area (Å²) in [6, 6.07) is 8.35. The minimum atomic E-state index is -0.423. The highest BCUT2D eigenvalue weighted by atomic mass is 16.5. The van der Waals surface area contributed by atoms with Crippen molar-refractivity contribution in [1.29, 1.82) is 0 Å². The molecule has 0 saturated heterocycles. The summed E-state index contributed by atoms with van der Waals surface area (Å²) >= 11 is 0. The van der Waals surface area contributed by atoms with Crippen LogP contribution in [0.3, 0.4) is 0 Å². The highest BCUT2D eigenvalue weighted by Gasteiger charge is 2.18. The quantitative estimate of drug-likeness (QED) is 0.609. The fourth-order valence-electron chi connectivity index (χ4n) is 2.58. The molecule has 2 rings (SSSR count). The molecule has 0 saturated carbocycles. The predicted molar refractivity (Wildman–Crippen MR) is 76.3 cm³/mol. The number of carbonyl (C=O) groups excluding carboxylic acids is 2. The van der Waals surface area contributed by atoms with E-state index in [1.807, 2.05) is 6.07 Å². The summed E-state index contributed by atoms with van der Waals surface area (Å²) < 4.78 is 4.80. The second-order valence-corrected chi connectivity index (χ2v) is 5.10. The van der Waals surface area contributed by atoms with Gasteiger partial charge >= 0.3 is 5.97 Å². The van der Waals surface area contributed by atoms with E-state index in [4.69, 9.17) is 4.74 Å². The number of Topliss-reactive ketones (excluding diaryl/α,β-unsaturated/α-hetero) is 1. The Labute approximate surface area is 119 Å². The molecule has 0 atom stereocenters. The van der Waals surface area contributed by atoms with Crippen molar-refractivity contribution in [3.8, 4) is 0 Å². The van der Waals surface area contributed by atoms with Gasteiger partial charge in [0.2, 0.25) is 0 Å². The summed E-state index contributed by atoms with van der Waals surface area (Å²) in [5.74, 6) is -0.490. The Morgan fingerprint density at radius 2 is 2.00 bits per heavy atom. The first kappa shape index (κ1) is 14.7. The number of nitrogens with zero attached hydrogens (tertiary/aromatic N) is 1. The van der Waals surface area contributed by atoms with Crippen LogP contribution in [0.15, 0.2) is 24.3 Å². The van der Waals surface area contributed by atoms with E-state index >= 15 is 0 Å². The molecular formula is C16H21NO3. The normalized spacial score (nSPS) is 15.2. The summed E-state index contributed by atoms with van der Waals surface area (Å²) in [4.78, 5) is 25.3. The number of rotatable bonds is 5. The molecule has 4 nitrogen and oxygen atoms in total. The Hall–Kier alpha value is -1.68. The first-order valence-electron chi connectivity index (χ1n) is 7.15. The van der Waals surface area contributed by atoms with Crippen LogP contribution in [0, 0.1) is 0 Å². The minimum absolute atomic E-state index is 0.0668. The van der Waals surface area contributed by atoms with Crippen LogP contribution in [-0.2, 0) is 27.3 Å². The molecule has 1 aliphatic rings. The summed E-state index contributed by atoms with van der Waals surface area (Å²) in [7, 11) is 0. The molecule has 0 aromatic heterocycles. The van der Waals surface area contributed by atoms with Crippen molar-refractivity contribution in [3.05, 3.63) is 35.4 Å². The fourth-order valence-corrected chi connectivity index (χ4v) is 2.58. The van der Waals surface area contributed by atoms with Crippen LogP contribution in [0.1, 0.15) is 30.9 Å². The Balaban J connectivity index is 1.90. The van der Waals surface area contributed by atoms with Crippen molar-refractivity contribution in [2.75, 3.05) is 19.7 Å². The first-order valence-corrected chi connectivity index (χ1v) is 7.15. The van der Waals surface area contributed by atoms with Gasteiger partial charge in [-0.15, -0.1) is 0 Å². The Kier molecular flexibility index (Phi) is 5.30. The third-order valence-electron chi connectivity index (χ3n) is 3.48. The molecule has 20 heavy (non-hydrogen) atoms. The Morgan fingerprint density at radius 1 is 1.25 bits per heavy atom. The van der Waals surface area contributed by atoms with E-state index in [0.29, 0.717) is 13.2 Å². The first-order chi connectivity index (χ1) is 9.69. The van der Waals surface area contributed by atoms with Crippen LogP contribution in [0.25, 0.3) is 0 Å². The standard InChI is InChI=1S/C16H21NO3/c1-2-20-16(19)10-15(18)12-17-9-5-8-13-6-3-4-7-14(13)11-17/h3-4,6-7H,2,5,8-12H2,1H3. The zero-order chi connectivity index (χ0) is 14.4. The van der Waals surface area contributed by atoms with Gasteiger partial charge in [-0.25, -0.2) is 0 Å². The number of fused-ring (bicyclic) bond motifs is 1. The number of esters is 1. The zero-order valence-electron chi connectivity index (χ0n) is 11.9. The van der Waals surface area contributed by atoms with Crippen molar-refractivity contribution in [3.63, 3.8) is 0 Å². The van der Waals surface area contributed by atoms with Gasteiger partial charge in [0, 0.05) is 6.54 Å². The molecule has 0 bridgehead atoms. The van der Waals surface area contributed by atoms with E-state index < -0.39 is 5.97 Å². The van der Waals surface area contributed by atoms with Crippen LogP contribution >= 0.6 is 0 Å². The molecule has 0 fully saturated rings. The van der Waals surface area contributed by atoms with E-state index in [9.17, 15) is 9.59 Å². The number of carbonyl (C=O) groups is 2. The predicted octanol–water partition coefficient (Wildman–Crippen LogP) is 1.96. The molecule has 0 aliphatic carbocycles. The number of aryl methyl sites for hydroxylation is 1. The van der Waals surface area contributed by atoms with Crippen LogP contribution in [0.2, 0.25) is 0 Å². The molecular weight excluding hydrogens is 254 g/mol. The van der Waals surface area contributed by atoms with Crippen molar-refractivity contribution in [1.82, 2.24) is 4.90 Å². The third kappa shape index (κ3) is 4.17.